The molecule has 1 aromatic carbocycles. The molecule has 5 amide bonds. The Balaban J connectivity index is 1.84. The van der Waals surface area contributed by atoms with Crippen molar-refractivity contribution >= 4 is 29.5 Å². The van der Waals surface area contributed by atoms with Crippen LogP contribution in [-0.2, 0) is 25.6 Å². The molecule has 1 aliphatic heterocycles. The van der Waals surface area contributed by atoms with Crippen molar-refractivity contribution in [2.75, 3.05) is 13.2 Å². The Hall–Kier alpha value is -4.55. The summed E-state index contributed by atoms with van der Waals surface area (Å²) in [4.78, 5) is 73.3. The number of rotatable bonds is 5. The first kappa shape index (κ1) is 31.0. The Morgan fingerprint density at radius 1 is 1.02 bits per heavy atom. The molecule has 41 heavy (non-hydrogen) atoms. The second-order valence-electron chi connectivity index (χ2n) is 10.2. The summed E-state index contributed by atoms with van der Waals surface area (Å²) >= 11 is 0. The Morgan fingerprint density at radius 2 is 1.78 bits per heavy atom. The van der Waals surface area contributed by atoms with E-state index in [1.807, 2.05) is 0 Å². The number of para-hydroxylation sites is 1. The summed E-state index contributed by atoms with van der Waals surface area (Å²) in [5.74, 6) is -2.84. The largest absolute Gasteiger partial charge is 0.491 e. The van der Waals surface area contributed by atoms with E-state index < -0.39 is 60.1 Å². The smallest absolute Gasteiger partial charge is 0.255 e. The van der Waals surface area contributed by atoms with Gasteiger partial charge in [-0.3, -0.25) is 33.9 Å². The first-order valence-corrected chi connectivity index (χ1v) is 13.5. The standard InChI is InChI=1S/C28H37N7O6/c1-16(2)24-28(40)32-17(3)15-41-22-8-6-5-7-20(22)26(38)34-21(13-23(36)33-18(4)25(37)35-24)27(39)31-10-9-19-14-29-11-12-30-19/h5-8,11-12,14,16-18,21,24H,9-10,13,15H2,1-4H3,(H,31,39)(H,32,40)(H,33,36)(H,34,38)(H,35,37)/t17-,18-,21-,24+/m0/s1. The molecule has 0 spiro atoms. The van der Waals surface area contributed by atoms with Gasteiger partial charge in [0.15, 0.2) is 0 Å². The monoisotopic (exact) mass is 567 g/mol. The molecule has 1 aliphatic rings. The van der Waals surface area contributed by atoms with Crippen LogP contribution in [0, 0.1) is 5.92 Å². The number of hydrogen-bond acceptors (Lipinski definition) is 8. The van der Waals surface area contributed by atoms with Crippen LogP contribution in [0.3, 0.4) is 0 Å². The molecule has 4 atom stereocenters. The number of amides is 5. The number of hydrogen-bond donors (Lipinski definition) is 5. The van der Waals surface area contributed by atoms with Crippen LogP contribution < -0.4 is 31.3 Å². The van der Waals surface area contributed by atoms with Crippen molar-refractivity contribution in [2.24, 2.45) is 5.92 Å². The third kappa shape index (κ3) is 9.26. The van der Waals surface area contributed by atoms with Gasteiger partial charge in [0.25, 0.3) is 5.91 Å². The van der Waals surface area contributed by atoms with E-state index in [0.29, 0.717) is 12.1 Å². The minimum Gasteiger partial charge on any atom is -0.491 e. The van der Waals surface area contributed by atoms with Gasteiger partial charge in [-0.15, -0.1) is 0 Å². The molecule has 0 fully saturated rings. The molecule has 0 bridgehead atoms. The van der Waals surface area contributed by atoms with Crippen LogP contribution in [0.4, 0.5) is 0 Å². The average Bonchev–Trinajstić information content (AvgIpc) is 2.94. The number of fused-ring (bicyclic) bond motifs is 1. The summed E-state index contributed by atoms with van der Waals surface area (Å²) < 4.78 is 5.85. The highest BCUT2D eigenvalue weighted by atomic mass is 16.5. The fourth-order valence-corrected chi connectivity index (χ4v) is 4.08. The van der Waals surface area contributed by atoms with Gasteiger partial charge in [0, 0.05) is 31.6 Å². The van der Waals surface area contributed by atoms with Crippen molar-refractivity contribution in [1.29, 1.82) is 0 Å². The first-order valence-electron chi connectivity index (χ1n) is 13.5. The van der Waals surface area contributed by atoms with E-state index in [-0.39, 0.29) is 30.4 Å². The number of aromatic nitrogens is 2. The highest BCUT2D eigenvalue weighted by Gasteiger charge is 2.30. The van der Waals surface area contributed by atoms with Gasteiger partial charge in [-0.25, -0.2) is 0 Å². The fraction of sp³-hybridized carbons (Fsp3) is 0.464. The van der Waals surface area contributed by atoms with E-state index in [1.165, 1.54) is 19.2 Å². The number of carbonyl (C=O) groups excluding carboxylic acids is 5. The first-order chi connectivity index (χ1) is 19.5. The zero-order valence-corrected chi connectivity index (χ0v) is 23.6. The van der Waals surface area contributed by atoms with Crippen molar-refractivity contribution in [3.05, 3.63) is 54.1 Å². The van der Waals surface area contributed by atoms with E-state index in [9.17, 15) is 24.0 Å². The highest BCUT2D eigenvalue weighted by Crippen LogP contribution is 2.19. The normalized spacial score (nSPS) is 22.7. The lowest BCUT2D eigenvalue weighted by molar-refractivity contribution is -0.133. The summed E-state index contributed by atoms with van der Waals surface area (Å²) in [5, 5.41) is 13.4. The van der Waals surface area contributed by atoms with Crippen molar-refractivity contribution in [3.63, 3.8) is 0 Å². The maximum absolute atomic E-state index is 13.3. The third-order valence-corrected chi connectivity index (χ3v) is 6.34. The Kier molecular flexibility index (Phi) is 11.1. The molecule has 13 nitrogen and oxygen atoms in total. The van der Waals surface area contributed by atoms with Gasteiger partial charge in [-0.2, -0.15) is 0 Å². The van der Waals surface area contributed by atoms with Crippen LogP contribution in [0.25, 0.3) is 0 Å². The number of nitrogens with zero attached hydrogens (tertiary/aromatic N) is 2. The van der Waals surface area contributed by atoms with Gasteiger partial charge < -0.3 is 31.3 Å². The predicted octanol–water partition coefficient (Wildman–Crippen LogP) is -0.133. The van der Waals surface area contributed by atoms with Gasteiger partial charge in [0.05, 0.1) is 23.7 Å². The minimum atomic E-state index is -1.26. The Labute approximate surface area is 238 Å². The minimum absolute atomic E-state index is 0.0392. The fourth-order valence-electron chi connectivity index (χ4n) is 4.08. The van der Waals surface area contributed by atoms with Crippen molar-refractivity contribution in [3.8, 4) is 5.75 Å². The van der Waals surface area contributed by atoms with Crippen LogP contribution in [0.5, 0.6) is 5.75 Å². The maximum Gasteiger partial charge on any atom is 0.255 e. The molecule has 13 heteroatoms. The SMILES string of the molecule is CC(C)[C@H]1NC(=O)[C@H](C)NC(=O)C[C@@H](C(=O)NCCc2cnccn2)NC(=O)c2ccccc2OC[C@H](C)NC1=O. The van der Waals surface area contributed by atoms with E-state index in [4.69, 9.17) is 4.74 Å². The number of carbonyl (C=O) groups is 5. The van der Waals surface area contributed by atoms with Gasteiger partial charge in [0.1, 0.15) is 30.5 Å². The van der Waals surface area contributed by atoms with Crippen molar-refractivity contribution < 1.29 is 28.7 Å². The highest BCUT2D eigenvalue weighted by molar-refractivity contribution is 6.01. The molecular formula is C28H37N7O6. The Bertz CT molecular complexity index is 1240. The number of nitrogens with one attached hydrogen (secondary N) is 5. The molecule has 0 unspecified atom stereocenters. The lowest BCUT2D eigenvalue weighted by Gasteiger charge is -2.25. The summed E-state index contributed by atoms with van der Waals surface area (Å²) in [6.45, 7) is 7.02. The number of benzene rings is 1. The quantitative estimate of drug-likeness (QED) is 0.331. The summed E-state index contributed by atoms with van der Waals surface area (Å²) in [7, 11) is 0. The number of ether oxygens (including phenoxy) is 1. The zero-order chi connectivity index (χ0) is 29.9. The molecule has 3 rings (SSSR count). The van der Waals surface area contributed by atoms with Crippen LogP contribution in [0.1, 0.15) is 50.2 Å². The van der Waals surface area contributed by atoms with Crippen molar-refractivity contribution in [2.45, 2.75) is 64.7 Å². The van der Waals surface area contributed by atoms with E-state index in [2.05, 4.69) is 36.6 Å². The lowest BCUT2D eigenvalue weighted by atomic mass is 10.0. The average molecular weight is 568 g/mol. The molecule has 2 aromatic rings. The van der Waals surface area contributed by atoms with Gasteiger partial charge >= 0.3 is 0 Å². The van der Waals surface area contributed by atoms with E-state index in [0.717, 1.165) is 0 Å². The van der Waals surface area contributed by atoms with Crippen LogP contribution >= 0.6 is 0 Å². The molecule has 2 heterocycles. The molecule has 0 aliphatic carbocycles. The van der Waals surface area contributed by atoms with Gasteiger partial charge in [-0.05, 0) is 31.9 Å². The van der Waals surface area contributed by atoms with Gasteiger partial charge in [0.2, 0.25) is 23.6 Å². The Morgan fingerprint density at radius 3 is 2.49 bits per heavy atom. The van der Waals surface area contributed by atoms with Crippen LogP contribution in [-0.4, -0.2) is 76.8 Å². The van der Waals surface area contributed by atoms with Gasteiger partial charge in [-0.1, -0.05) is 26.0 Å². The topological polar surface area (TPSA) is 181 Å². The molecule has 220 valence electrons. The second-order valence-corrected chi connectivity index (χ2v) is 10.2. The van der Waals surface area contributed by atoms with Crippen LogP contribution in [0.15, 0.2) is 42.9 Å². The van der Waals surface area contributed by atoms with Crippen molar-refractivity contribution in [1.82, 2.24) is 36.6 Å². The zero-order valence-electron chi connectivity index (χ0n) is 23.6. The lowest BCUT2D eigenvalue weighted by Crippen LogP contribution is -2.56. The predicted molar refractivity (Wildman–Crippen MR) is 149 cm³/mol. The van der Waals surface area contributed by atoms with Crippen LogP contribution in [0.2, 0.25) is 0 Å². The molecular weight excluding hydrogens is 530 g/mol. The van der Waals surface area contributed by atoms with E-state index >= 15 is 0 Å². The molecule has 1 aromatic heterocycles. The van der Waals surface area contributed by atoms with E-state index in [1.54, 1.807) is 51.4 Å². The summed E-state index contributed by atoms with van der Waals surface area (Å²) in [5.41, 5.74) is 0.815. The third-order valence-electron chi connectivity index (χ3n) is 6.34. The second kappa shape index (κ2) is 14.7. The molecule has 5 N–H and O–H groups in total. The molecule has 0 radical (unpaired) electrons. The summed E-state index contributed by atoms with van der Waals surface area (Å²) in [6, 6.07) is 2.88. The molecule has 0 saturated heterocycles. The molecule has 0 saturated carbocycles. The maximum atomic E-state index is 13.3. The summed E-state index contributed by atoms with van der Waals surface area (Å²) in [6.07, 6.45) is 4.61.